The highest BCUT2D eigenvalue weighted by molar-refractivity contribution is 7.16. The highest BCUT2D eigenvalue weighted by atomic mass is 35.5. The van der Waals surface area contributed by atoms with Crippen molar-refractivity contribution in [3.8, 4) is 17.1 Å². The summed E-state index contributed by atoms with van der Waals surface area (Å²) in [5.74, 6) is 1.90. The fraction of sp³-hybridized carbons (Fsp3) is 0.286. The molecule has 0 bridgehead atoms. The summed E-state index contributed by atoms with van der Waals surface area (Å²) < 4.78 is 11.2. The van der Waals surface area contributed by atoms with Gasteiger partial charge in [-0.25, -0.2) is 0 Å². The second kappa shape index (κ2) is 7.09. The lowest BCUT2D eigenvalue weighted by molar-refractivity contribution is 0.0930. The number of halogens is 1. The molecule has 8 heteroatoms. The Morgan fingerprint density at radius 3 is 2.93 bits per heavy atom. The summed E-state index contributed by atoms with van der Waals surface area (Å²) in [6, 6.07) is 9.25. The van der Waals surface area contributed by atoms with E-state index in [1.807, 2.05) is 18.2 Å². The molecule has 0 fully saturated rings. The third-order valence-electron chi connectivity index (χ3n) is 5.37. The van der Waals surface area contributed by atoms with Gasteiger partial charge in [0.1, 0.15) is 22.3 Å². The zero-order valence-corrected chi connectivity index (χ0v) is 17.6. The van der Waals surface area contributed by atoms with Crippen molar-refractivity contribution in [1.82, 2.24) is 10.2 Å². The van der Waals surface area contributed by atoms with Crippen molar-refractivity contribution in [1.29, 1.82) is 0 Å². The first-order valence-electron chi connectivity index (χ1n) is 9.37. The molecule has 1 atom stereocenters. The minimum absolute atomic E-state index is 0.0451. The van der Waals surface area contributed by atoms with Gasteiger partial charge in [-0.05, 0) is 49.4 Å². The number of anilines is 1. The van der Waals surface area contributed by atoms with Crippen LogP contribution >= 0.6 is 22.9 Å². The number of nitrogens with one attached hydrogen (secondary N) is 2. The van der Waals surface area contributed by atoms with Crippen molar-refractivity contribution in [3.63, 3.8) is 0 Å². The number of thiophene rings is 1. The van der Waals surface area contributed by atoms with E-state index in [1.54, 1.807) is 30.6 Å². The minimum atomic E-state index is -0.407. The molecule has 0 aliphatic carbocycles. The zero-order valence-electron chi connectivity index (χ0n) is 16.0. The molecule has 6 nitrogen and oxygen atoms in total. The number of amides is 1. The summed E-state index contributed by atoms with van der Waals surface area (Å²) in [5, 5.41) is 7.91. The Morgan fingerprint density at radius 2 is 2.14 bits per heavy atom. The number of furan rings is 1. The monoisotopic (exact) mass is 429 g/mol. The number of methoxy groups -OCH3 is 1. The molecule has 0 saturated heterocycles. The van der Waals surface area contributed by atoms with Gasteiger partial charge in [0.05, 0.1) is 17.7 Å². The number of hydrogen-bond donors (Lipinski definition) is 2. The van der Waals surface area contributed by atoms with E-state index in [-0.39, 0.29) is 5.91 Å². The number of fused-ring (bicyclic) bond motifs is 3. The van der Waals surface area contributed by atoms with Gasteiger partial charge in [-0.1, -0.05) is 11.6 Å². The molecular weight excluding hydrogens is 410 g/mol. The van der Waals surface area contributed by atoms with E-state index in [0.717, 1.165) is 35.6 Å². The standard InChI is InChI=1S/C21H20ClN3O3S/c1-25-8-7-12-17(10-25)29-21-18(12)20(26)23-19(24-21)16-6-5-14(28-16)11-3-4-15(27-2)13(22)9-11/h3-6,9,19,24H,7-8,10H2,1-2H3,(H,23,26)/t19-/m0/s1. The molecule has 4 heterocycles. The number of hydrogen-bond acceptors (Lipinski definition) is 6. The van der Waals surface area contributed by atoms with E-state index in [4.69, 9.17) is 20.8 Å². The largest absolute Gasteiger partial charge is 0.495 e. The van der Waals surface area contributed by atoms with Gasteiger partial charge in [-0.3, -0.25) is 4.79 Å². The number of carbonyl (C=O) groups excluding carboxylic acids is 1. The molecule has 150 valence electrons. The van der Waals surface area contributed by atoms with E-state index in [1.165, 1.54) is 10.4 Å². The molecule has 5 rings (SSSR count). The van der Waals surface area contributed by atoms with Gasteiger partial charge in [-0.2, -0.15) is 0 Å². The Kier molecular flexibility index (Phi) is 4.53. The van der Waals surface area contributed by atoms with E-state index in [9.17, 15) is 4.79 Å². The van der Waals surface area contributed by atoms with Crippen LogP contribution in [-0.2, 0) is 13.0 Å². The van der Waals surface area contributed by atoms with Gasteiger partial charge < -0.3 is 24.7 Å². The van der Waals surface area contributed by atoms with Gasteiger partial charge in [0, 0.05) is 23.5 Å². The lowest BCUT2D eigenvalue weighted by Gasteiger charge is -2.26. The van der Waals surface area contributed by atoms with Crippen LogP contribution in [0.3, 0.4) is 0 Å². The molecule has 3 aromatic rings. The summed E-state index contributed by atoms with van der Waals surface area (Å²) in [6.45, 7) is 1.86. The molecule has 2 aromatic heterocycles. The summed E-state index contributed by atoms with van der Waals surface area (Å²) in [4.78, 5) is 16.4. The van der Waals surface area contributed by atoms with E-state index >= 15 is 0 Å². The number of benzene rings is 1. The SMILES string of the molecule is COc1ccc(-c2ccc([C@H]3NC(=O)c4c(sc5c4CCN(C)C5)N3)o2)cc1Cl. The zero-order chi connectivity index (χ0) is 20.1. The molecule has 1 aromatic carbocycles. The van der Waals surface area contributed by atoms with Crippen LogP contribution in [0.15, 0.2) is 34.7 Å². The minimum Gasteiger partial charge on any atom is -0.495 e. The Hall–Kier alpha value is -2.48. The maximum Gasteiger partial charge on any atom is 0.256 e. The Morgan fingerprint density at radius 1 is 1.28 bits per heavy atom. The normalized spacial score (nSPS) is 18.6. The Balaban J connectivity index is 1.42. The Labute approximate surface area is 177 Å². The molecular formula is C21H20ClN3O3S. The van der Waals surface area contributed by atoms with Crippen molar-refractivity contribution >= 4 is 33.8 Å². The molecule has 2 aliphatic rings. The molecule has 2 N–H and O–H groups in total. The third-order valence-corrected chi connectivity index (χ3v) is 6.82. The van der Waals surface area contributed by atoms with Crippen LogP contribution in [0, 0.1) is 0 Å². The van der Waals surface area contributed by atoms with Gasteiger partial charge >= 0.3 is 0 Å². The molecule has 0 saturated carbocycles. The molecule has 0 spiro atoms. The summed E-state index contributed by atoms with van der Waals surface area (Å²) in [6.07, 6.45) is 0.496. The topological polar surface area (TPSA) is 66.7 Å². The van der Waals surface area contributed by atoms with Gasteiger partial charge in [0.15, 0.2) is 6.17 Å². The average molecular weight is 430 g/mol. The summed E-state index contributed by atoms with van der Waals surface area (Å²) in [5.41, 5.74) is 2.82. The fourth-order valence-electron chi connectivity index (χ4n) is 3.87. The summed E-state index contributed by atoms with van der Waals surface area (Å²) in [7, 11) is 3.69. The highest BCUT2D eigenvalue weighted by Crippen LogP contribution is 2.41. The predicted molar refractivity (Wildman–Crippen MR) is 114 cm³/mol. The van der Waals surface area contributed by atoms with Crippen molar-refractivity contribution < 1.29 is 13.9 Å². The number of likely N-dealkylation sites (N-methyl/N-ethyl adjacent to an activating group) is 1. The number of ether oxygens (including phenoxy) is 1. The fourth-order valence-corrected chi connectivity index (χ4v) is 5.48. The second-order valence-electron chi connectivity index (χ2n) is 7.30. The maximum absolute atomic E-state index is 12.8. The quantitative estimate of drug-likeness (QED) is 0.641. The van der Waals surface area contributed by atoms with Gasteiger partial charge in [-0.15, -0.1) is 11.3 Å². The van der Waals surface area contributed by atoms with Crippen molar-refractivity contribution in [2.75, 3.05) is 26.0 Å². The number of carbonyl (C=O) groups is 1. The second-order valence-corrected chi connectivity index (χ2v) is 8.81. The van der Waals surface area contributed by atoms with Crippen LogP contribution in [0.4, 0.5) is 5.00 Å². The maximum atomic E-state index is 12.8. The lowest BCUT2D eigenvalue weighted by Crippen LogP contribution is -2.38. The molecule has 0 unspecified atom stereocenters. The highest BCUT2D eigenvalue weighted by Gasteiger charge is 2.33. The van der Waals surface area contributed by atoms with Crippen LogP contribution in [0.2, 0.25) is 5.02 Å². The van der Waals surface area contributed by atoms with Crippen LogP contribution in [0.1, 0.15) is 32.7 Å². The lowest BCUT2D eigenvalue weighted by atomic mass is 10.0. The van der Waals surface area contributed by atoms with Crippen molar-refractivity contribution in [2.24, 2.45) is 0 Å². The van der Waals surface area contributed by atoms with E-state index < -0.39 is 6.17 Å². The first-order valence-corrected chi connectivity index (χ1v) is 10.6. The molecule has 0 radical (unpaired) electrons. The van der Waals surface area contributed by atoms with Crippen LogP contribution in [0.5, 0.6) is 5.75 Å². The smallest absolute Gasteiger partial charge is 0.256 e. The molecule has 2 aliphatic heterocycles. The molecule has 29 heavy (non-hydrogen) atoms. The first kappa shape index (κ1) is 18.5. The van der Waals surface area contributed by atoms with Crippen LogP contribution in [-0.4, -0.2) is 31.5 Å². The summed E-state index contributed by atoms with van der Waals surface area (Å²) >= 11 is 7.90. The van der Waals surface area contributed by atoms with Crippen molar-refractivity contribution in [2.45, 2.75) is 19.1 Å². The third kappa shape index (κ3) is 3.19. The average Bonchev–Trinajstić information content (AvgIpc) is 3.32. The van der Waals surface area contributed by atoms with E-state index in [0.29, 0.717) is 22.3 Å². The molecule has 1 amide bonds. The van der Waals surface area contributed by atoms with Gasteiger partial charge in [0.2, 0.25) is 0 Å². The van der Waals surface area contributed by atoms with E-state index in [2.05, 4.69) is 22.6 Å². The first-order chi connectivity index (χ1) is 14.0. The van der Waals surface area contributed by atoms with Crippen LogP contribution in [0.25, 0.3) is 11.3 Å². The van der Waals surface area contributed by atoms with Crippen LogP contribution < -0.4 is 15.4 Å². The van der Waals surface area contributed by atoms with Gasteiger partial charge in [0.25, 0.3) is 5.91 Å². The Bertz CT molecular complexity index is 1110. The number of nitrogens with zero attached hydrogens (tertiary/aromatic N) is 1. The van der Waals surface area contributed by atoms with Crippen molar-refractivity contribution in [3.05, 3.63) is 57.1 Å². The predicted octanol–water partition coefficient (Wildman–Crippen LogP) is 4.51. The number of rotatable bonds is 3.